The number of carbonyl (C=O) groups is 1. The lowest BCUT2D eigenvalue weighted by atomic mass is 10.1. The monoisotopic (exact) mass is 352 g/mol. The smallest absolute Gasteiger partial charge is 0.263 e. The SMILES string of the molecule is C/C(=N\NC(=O)Cn1nnc(-c2ccccc2)n1)c1cc(O)ccc1O. The van der Waals surface area contributed by atoms with Gasteiger partial charge >= 0.3 is 0 Å². The third kappa shape index (κ3) is 4.01. The van der Waals surface area contributed by atoms with Crippen LogP contribution in [0.3, 0.4) is 0 Å². The van der Waals surface area contributed by atoms with E-state index in [1.807, 2.05) is 30.3 Å². The highest BCUT2D eigenvalue weighted by Crippen LogP contribution is 2.22. The molecule has 0 atom stereocenters. The van der Waals surface area contributed by atoms with Gasteiger partial charge in [0.15, 0.2) is 0 Å². The van der Waals surface area contributed by atoms with E-state index in [4.69, 9.17) is 0 Å². The predicted octanol–water partition coefficient (Wildman–Crippen LogP) is 1.29. The van der Waals surface area contributed by atoms with Crippen molar-refractivity contribution in [3.8, 4) is 22.9 Å². The van der Waals surface area contributed by atoms with E-state index in [0.29, 0.717) is 17.1 Å². The molecule has 0 aliphatic carbocycles. The lowest BCUT2D eigenvalue weighted by Gasteiger charge is -2.05. The van der Waals surface area contributed by atoms with Gasteiger partial charge in [-0.3, -0.25) is 4.79 Å². The Bertz CT molecular complexity index is 952. The van der Waals surface area contributed by atoms with Crippen LogP contribution in [-0.4, -0.2) is 42.0 Å². The minimum atomic E-state index is -0.457. The molecule has 3 N–H and O–H groups in total. The molecule has 0 aliphatic heterocycles. The summed E-state index contributed by atoms with van der Waals surface area (Å²) in [4.78, 5) is 13.1. The van der Waals surface area contributed by atoms with E-state index in [2.05, 4.69) is 25.9 Å². The fourth-order valence-electron chi connectivity index (χ4n) is 2.20. The summed E-state index contributed by atoms with van der Waals surface area (Å²) in [6, 6.07) is 13.3. The largest absolute Gasteiger partial charge is 0.508 e. The zero-order valence-corrected chi connectivity index (χ0v) is 13.9. The molecule has 0 fully saturated rings. The van der Waals surface area contributed by atoms with Crippen molar-refractivity contribution in [2.75, 3.05) is 0 Å². The van der Waals surface area contributed by atoms with Crippen molar-refractivity contribution in [2.45, 2.75) is 13.5 Å². The van der Waals surface area contributed by atoms with Gasteiger partial charge in [-0.15, -0.1) is 10.2 Å². The van der Waals surface area contributed by atoms with Gasteiger partial charge in [0.25, 0.3) is 5.91 Å². The second kappa shape index (κ2) is 7.43. The molecule has 0 bridgehead atoms. The van der Waals surface area contributed by atoms with Crippen LogP contribution in [0.2, 0.25) is 0 Å². The van der Waals surface area contributed by atoms with Gasteiger partial charge in [0.1, 0.15) is 18.0 Å². The molecule has 1 heterocycles. The highest BCUT2D eigenvalue weighted by molar-refractivity contribution is 6.01. The van der Waals surface area contributed by atoms with Gasteiger partial charge in [-0.05, 0) is 30.3 Å². The number of aromatic nitrogens is 4. The topological polar surface area (TPSA) is 126 Å². The lowest BCUT2D eigenvalue weighted by Crippen LogP contribution is -2.25. The third-order valence-electron chi connectivity index (χ3n) is 3.49. The number of hydrogen-bond acceptors (Lipinski definition) is 7. The number of benzene rings is 2. The van der Waals surface area contributed by atoms with Crippen molar-refractivity contribution in [1.82, 2.24) is 25.6 Å². The van der Waals surface area contributed by atoms with E-state index >= 15 is 0 Å². The number of rotatable bonds is 5. The minimum Gasteiger partial charge on any atom is -0.508 e. The van der Waals surface area contributed by atoms with Crippen LogP contribution in [-0.2, 0) is 11.3 Å². The quantitative estimate of drug-likeness (QED) is 0.361. The molecule has 132 valence electrons. The molecular weight excluding hydrogens is 336 g/mol. The molecule has 0 saturated carbocycles. The highest BCUT2D eigenvalue weighted by Gasteiger charge is 2.10. The molecule has 0 spiro atoms. The molecule has 3 aromatic rings. The van der Waals surface area contributed by atoms with Crippen LogP contribution >= 0.6 is 0 Å². The molecular formula is C17H16N6O3. The number of aromatic hydroxyl groups is 2. The molecule has 9 heteroatoms. The Morgan fingerprint density at radius 1 is 1.19 bits per heavy atom. The maximum Gasteiger partial charge on any atom is 0.263 e. The summed E-state index contributed by atoms with van der Waals surface area (Å²) in [6.45, 7) is 1.43. The minimum absolute atomic E-state index is 0.0149. The molecule has 0 aliphatic rings. The first-order valence-electron chi connectivity index (χ1n) is 7.71. The molecule has 0 saturated heterocycles. The number of carbonyl (C=O) groups excluding carboxylic acids is 1. The van der Waals surface area contributed by atoms with Gasteiger partial charge < -0.3 is 10.2 Å². The molecule has 3 rings (SSSR count). The zero-order chi connectivity index (χ0) is 18.5. The highest BCUT2D eigenvalue weighted by atomic mass is 16.3. The predicted molar refractivity (Wildman–Crippen MR) is 93.4 cm³/mol. The van der Waals surface area contributed by atoms with Crippen molar-refractivity contribution in [3.05, 3.63) is 54.1 Å². The number of amides is 1. The number of phenols is 2. The maximum absolute atomic E-state index is 12.0. The number of hydrazone groups is 1. The third-order valence-corrected chi connectivity index (χ3v) is 3.49. The van der Waals surface area contributed by atoms with E-state index in [1.54, 1.807) is 6.92 Å². The summed E-state index contributed by atoms with van der Waals surface area (Å²) < 4.78 is 0. The second-order valence-electron chi connectivity index (χ2n) is 5.44. The van der Waals surface area contributed by atoms with E-state index < -0.39 is 5.91 Å². The summed E-state index contributed by atoms with van der Waals surface area (Å²) >= 11 is 0. The van der Waals surface area contributed by atoms with E-state index in [9.17, 15) is 15.0 Å². The molecule has 9 nitrogen and oxygen atoms in total. The van der Waals surface area contributed by atoms with Crippen LogP contribution in [0, 0.1) is 0 Å². The number of hydrogen-bond donors (Lipinski definition) is 3. The first-order chi connectivity index (χ1) is 12.5. The summed E-state index contributed by atoms with van der Waals surface area (Å²) in [5, 5.41) is 35.1. The summed E-state index contributed by atoms with van der Waals surface area (Å²) in [6.07, 6.45) is 0. The van der Waals surface area contributed by atoms with Crippen LogP contribution in [0.25, 0.3) is 11.4 Å². The Labute approximate surface area is 148 Å². The molecule has 2 aromatic carbocycles. The normalized spacial score (nSPS) is 11.3. The van der Waals surface area contributed by atoms with Crippen LogP contribution in [0.1, 0.15) is 12.5 Å². The summed E-state index contributed by atoms with van der Waals surface area (Å²) in [5.74, 6) is -0.105. The Morgan fingerprint density at radius 3 is 2.73 bits per heavy atom. The van der Waals surface area contributed by atoms with Gasteiger partial charge in [0.2, 0.25) is 5.82 Å². The summed E-state index contributed by atoms with van der Waals surface area (Å²) in [7, 11) is 0. The Hall–Kier alpha value is -3.75. The maximum atomic E-state index is 12.0. The fourth-order valence-corrected chi connectivity index (χ4v) is 2.20. The molecule has 1 amide bonds. The molecule has 0 radical (unpaired) electrons. The van der Waals surface area contributed by atoms with Gasteiger partial charge in [0, 0.05) is 11.1 Å². The average molecular weight is 352 g/mol. The number of tetrazole rings is 1. The van der Waals surface area contributed by atoms with Gasteiger partial charge in [-0.25, -0.2) is 5.43 Å². The van der Waals surface area contributed by atoms with Crippen LogP contribution in [0.4, 0.5) is 0 Å². The standard InChI is InChI=1S/C17H16N6O3/c1-11(14-9-13(24)7-8-15(14)25)18-19-16(26)10-23-21-17(20-22-23)12-5-3-2-4-6-12/h2-9,24-25H,10H2,1H3,(H,19,26)/b18-11+. The fraction of sp³-hybridized carbons (Fsp3) is 0.118. The Kier molecular flexibility index (Phi) is 4.88. The average Bonchev–Trinajstić information content (AvgIpc) is 3.11. The van der Waals surface area contributed by atoms with Gasteiger partial charge in [-0.2, -0.15) is 9.90 Å². The van der Waals surface area contributed by atoms with Crippen molar-refractivity contribution >= 4 is 11.6 Å². The van der Waals surface area contributed by atoms with Gasteiger partial charge in [0.05, 0.1) is 5.71 Å². The van der Waals surface area contributed by atoms with E-state index in [-0.39, 0.29) is 18.0 Å². The number of nitrogens with one attached hydrogen (secondary N) is 1. The lowest BCUT2D eigenvalue weighted by molar-refractivity contribution is -0.122. The van der Waals surface area contributed by atoms with Crippen LogP contribution < -0.4 is 5.43 Å². The van der Waals surface area contributed by atoms with Crippen molar-refractivity contribution in [3.63, 3.8) is 0 Å². The van der Waals surface area contributed by atoms with Crippen LogP contribution in [0.5, 0.6) is 11.5 Å². The first kappa shape index (κ1) is 17.1. The number of nitrogens with zero attached hydrogens (tertiary/aromatic N) is 5. The van der Waals surface area contributed by atoms with Crippen molar-refractivity contribution in [2.24, 2.45) is 5.10 Å². The Balaban J connectivity index is 1.64. The first-order valence-corrected chi connectivity index (χ1v) is 7.71. The van der Waals surface area contributed by atoms with E-state index in [1.165, 1.54) is 18.2 Å². The van der Waals surface area contributed by atoms with Crippen LogP contribution in [0.15, 0.2) is 53.6 Å². The summed E-state index contributed by atoms with van der Waals surface area (Å²) in [5.41, 5.74) is 3.80. The Morgan fingerprint density at radius 2 is 1.96 bits per heavy atom. The van der Waals surface area contributed by atoms with Crippen molar-refractivity contribution < 1.29 is 15.0 Å². The molecule has 0 unspecified atom stereocenters. The molecule has 26 heavy (non-hydrogen) atoms. The zero-order valence-electron chi connectivity index (χ0n) is 13.9. The van der Waals surface area contributed by atoms with E-state index in [0.717, 1.165) is 10.4 Å². The second-order valence-corrected chi connectivity index (χ2v) is 5.44. The van der Waals surface area contributed by atoms with Crippen molar-refractivity contribution in [1.29, 1.82) is 0 Å². The molecule has 1 aromatic heterocycles. The van der Waals surface area contributed by atoms with Gasteiger partial charge in [-0.1, -0.05) is 30.3 Å². The number of phenolic OH excluding ortho intramolecular Hbond substituents is 2.